The Balaban J connectivity index is 0.00000127. The Morgan fingerprint density at radius 3 is 2.39 bits per heavy atom. The van der Waals surface area contributed by atoms with Gasteiger partial charge in [0.2, 0.25) is 0 Å². The number of rotatable bonds is 4. The van der Waals surface area contributed by atoms with E-state index < -0.39 is 0 Å². The first-order chi connectivity index (χ1) is 10.9. The van der Waals surface area contributed by atoms with Crippen LogP contribution in [0.1, 0.15) is 57.7 Å². The number of hydrogen-bond donors (Lipinski definition) is 0. The fraction of sp³-hybridized carbons (Fsp3) is 0.391. The van der Waals surface area contributed by atoms with Crippen molar-refractivity contribution in [1.29, 1.82) is 0 Å². The highest BCUT2D eigenvalue weighted by molar-refractivity contribution is 5.90. The Morgan fingerprint density at radius 1 is 1.17 bits per heavy atom. The summed E-state index contributed by atoms with van der Waals surface area (Å²) < 4.78 is 0. The smallest absolute Gasteiger partial charge is 0.0155 e. The summed E-state index contributed by atoms with van der Waals surface area (Å²) in [5, 5.41) is 0. The highest BCUT2D eigenvalue weighted by Gasteiger charge is 2.37. The molecule has 1 aromatic carbocycles. The van der Waals surface area contributed by atoms with Gasteiger partial charge in [0.25, 0.3) is 0 Å². The Kier molecular flexibility index (Phi) is 6.81. The summed E-state index contributed by atoms with van der Waals surface area (Å²) in [6.45, 7) is 20.8. The van der Waals surface area contributed by atoms with Crippen molar-refractivity contribution >= 4 is 5.57 Å². The molecule has 0 fully saturated rings. The third-order valence-corrected chi connectivity index (χ3v) is 4.39. The predicted molar refractivity (Wildman–Crippen MR) is 106 cm³/mol. The van der Waals surface area contributed by atoms with Crippen molar-refractivity contribution in [2.75, 3.05) is 0 Å². The molecule has 0 aliphatic heterocycles. The molecule has 2 rings (SSSR count). The average molecular weight is 309 g/mol. The van der Waals surface area contributed by atoms with Gasteiger partial charge in [-0.2, -0.15) is 0 Å². The summed E-state index contributed by atoms with van der Waals surface area (Å²) in [5.74, 6) is 0.371. The third kappa shape index (κ3) is 3.93. The van der Waals surface area contributed by atoms with Gasteiger partial charge in [-0.15, -0.1) is 13.2 Å². The maximum Gasteiger partial charge on any atom is 0.0155 e. The zero-order chi connectivity index (χ0) is 17.6. The van der Waals surface area contributed by atoms with Crippen molar-refractivity contribution in [2.45, 2.75) is 53.4 Å². The van der Waals surface area contributed by atoms with Crippen molar-refractivity contribution in [3.05, 3.63) is 77.9 Å². The minimum atomic E-state index is 0.0527. The van der Waals surface area contributed by atoms with Crippen molar-refractivity contribution in [2.24, 2.45) is 5.92 Å². The fourth-order valence-corrected chi connectivity index (χ4v) is 3.11. The lowest BCUT2D eigenvalue weighted by atomic mass is 9.81. The lowest BCUT2D eigenvalue weighted by molar-refractivity contribution is 0.657. The minimum absolute atomic E-state index is 0.0527. The van der Waals surface area contributed by atoms with E-state index >= 15 is 0 Å². The molecule has 124 valence electrons. The molecule has 0 saturated carbocycles. The number of benzene rings is 1. The summed E-state index contributed by atoms with van der Waals surface area (Å²) in [4.78, 5) is 0. The summed E-state index contributed by atoms with van der Waals surface area (Å²) in [6, 6.07) is 6.80. The molecular weight excluding hydrogens is 276 g/mol. The van der Waals surface area contributed by atoms with Gasteiger partial charge in [-0.1, -0.05) is 82.7 Å². The molecule has 0 radical (unpaired) electrons. The molecule has 0 nitrogen and oxygen atoms in total. The molecule has 1 aliphatic rings. The second kappa shape index (κ2) is 8.15. The molecule has 0 saturated heterocycles. The monoisotopic (exact) mass is 308 g/mol. The van der Waals surface area contributed by atoms with Crippen LogP contribution in [0.2, 0.25) is 0 Å². The van der Waals surface area contributed by atoms with Gasteiger partial charge in [-0.25, -0.2) is 0 Å². The number of allylic oxidation sites excluding steroid dienone is 6. The number of aryl methyl sites for hydroxylation is 1. The molecule has 0 N–H and O–H groups in total. The molecule has 0 amide bonds. The van der Waals surface area contributed by atoms with Crippen LogP contribution in [0.4, 0.5) is 0 Å². The van der Waals surface area contributed by atoms with E-state index in [-0.39, 0.29) is 5.41 Å². The van der Waals surface area contributed by atoms with Gasteiger partial charge in [0, 0.05) is 5.41 Å². The van der Waals surface area contributed by atoms with E-state index in [1.54, 1.807) is 0 Å². The molecular formula is C23H32. The van der Waals surface area contributed by atoms with E-state index in [9.17, 15) is 0 Å². The Hall–Kier alpha value is -1.82. The first kappa shape index (κ1) is 19.2. The van der Waals surface area contributed by atoms with Crippen molar-refractivity contribution < 1.29 is 0 Å². The van der Waals surface area contributed by atoms with E-state index in [2.05, 4.69) is 71.2 Å². The van der Waals surface area contributed by atoms with Gasteiger partial charge in [-0.05, 0) is 41.5 Å². The van der Waals surface area contributed by atoms with Crippen LogP contribution in [-0.2, 0) is 5.41 Å². The van der Waals surface area contributed by atoms with E-state index in [0.717, 1.165) is 6.42 Å². The van der Waals surface area contributed by atoms with Crippen LogP contribution in [0.5, 0.6) is 0 Å². The Morgan fingerprint density at radius 2 is 1.83 bits per heavy atom. The first-order valence-corrected chi connectivity index (χ1v) is 8.69. The van der Waals surface area contributed by atoms with Gasteiger partial charge >= 0.3 is 0 Å². The standard InChI is InChI=1S/C21H26.C2H6/c1-7-9-10-19-18(13-15(3)8-2)17-12-11-16(4)14-20(17)21(19,5)6;1-2/h7-8,10-15H,1-2,9H2,3-6H3;1-2H3/b18-13-,19-10+;. The Bertz CT molecular complexity index is 623. The maximum absolute atomic E-state index is 3.92. The molecule has 1 unspecified atom stereocenters. The van der Waals surface area contributed by atoms with Crippen LogP contribution in [-0.4, -0.2) is 0 Å². The normalized spacial score (nSPS) is 19.7. The number of hydrogen-bond acceptors (Lipinski definition) is 0. The SMILES string of the molecule is C=CC/C=C1\C(=C/C(C)C=C)c2ccc(C)cc2C1(C)C.CC. The third-order valence-electron chi connectivity index (χ3n) is 4.39. The lowest BCUT2D eigenvalue weighted by Gasteiger charge is -2.22. The predicted octanol–water partition coefficient (Wildman–Crippen LogP) is 7.02. The van der Waals surface area contributed by atoms with Crippen LogP contribution in [0, 0.1) is 12.8 Å². The van der Waals surface area contributed by atoms with E-state index in [1.165, 1.54) is 27.8 Å². The van der Waals surface area contributed by atoms with Gasteiger partial charge in [-0.3, -0.25) is 0 Å². The molecule has 0 heterocycles. The highest BCUT2D eigenvalue weighted by atomic mass is 14.4. The van der Waals surface area contributed by atoms with Crippen molar-refractivity contribution in [3.8, 4) is 0 Å². The molecule has 0 heteroatoms. The van der Waals surface area contributed by atoms with E-state index in [4.69, 9.17) is 0 Å². The van der Waals surface area contributed by atoms with E-state index in [0.29, 0.717) is 5.92 Å². The average Bonchev–Trinajstić information content (AvgIpc) is 2.74. The zero-order valence-corrected chi connectivity index (χ0v) is 15.7. The summed E-state index contributed by atoms with van der Waals surface area (Å²) in [5.41, 5.74) is 6.95. The van der Waals surface area contributed by atoms with Gasteiger partial charge in [0.1, 0.15) is 0 Å². The maximum atomic E-state index is 3.92. The molecule has 1 aliphatic carbocycles. The fourth-order valence-electron chi connectivity index (χ4n) is 3.11. The second-order valence-electron chi connectivity index (χ2n) is 6.49. The quantitative estimate of drug-likeness (QED) is 0.524. The first-order valence-electron chi connectivity index (χ1n) is 8.69. The molecule has 1 atom stereocenters. The van der Waals surface area contributed by atoms with Crippen molar-refractivity contribution in [1.82, 2.24) is 0 Å². The van der Waals surface area contributed by atoms with Crippen LogP contribution >= 0.6 is 0 Å². The summed E-state index contributed by atoms with van der Waals surface area (Å²) in [7, 11) is 0. The summed E-state index contributed by atoms with van der Waals surface area (Å²) >= 11 is 0. The molecule has 23 heavy (non-hydrogen) atoms. The zero-order valence-electron chi connectivity index (χ0n) is 15.7. The molecule has 0 spiro atoms. The Labute approximate surface area is 143 Å². The van der Waals surface area contributed by atoms with Crippen LogP contribution in [0.25, 0.3) is 5.57 Å². The van der Waals surface area contributed by atoms with Gasteiger partial charge < -0.3 is 0 Å². The largest absolute Gasteiger partial charge is 0.103 e. The minimum Gasteiger partial charge on any atom is -0.103 e. The topological polar surface area (TPSA) is 0 Å². The van der Waals surface area contributed by atoms with Crippen LogP contribution in [0.3, 0.4) is 0 Å². The molecule has 0 bridgehead atoms. The lowest BCUT2D eigenvalue weighted by Crippen LogP contribution is -2.15. The highest BCUT2D eigenvalue weighted by Crippen LogP contribution is 2.50. The van der Waals surface area contributed by atoms with E-state index in [1.807, 2.05) is 26.0 Å². The number of fused-ring (bicyclic) bond motifs is 1. The van der Waals surface area contributed by atoms with Gasteiger partial charge in [0.05, 0.1) is 0 Å². The van der Waals surface area contributed by atoms with Crippen LogP contribution in [0.15, 0.2) is 61.2 Å². The molecule has 0 aromatic heterocycles. The molecule has 1 aromatic rings. The second-order valence-corrected chi connectivity index (χ2v) is 6.49. The van der Waals surface area contributed by atoms with Crippen molar-refractivity contribution in [3.63, 3.8) is 0 Å². The summed E-state index contributed by atoms with van der Waals surface area (Å²) in [6.07, 6.45) is 9.53. The van der Waals surface area contributed by atoms with Crippen LogP contribution < -0.4 is 0 Å². The van der Waals surface area contributed by atoms with Gasteiger partial charge in [0.15, 0.2) is 0 Å².